The molecule has 0 atom stereocenters. The van der Waals surface area contributed by atoms with Gasteiger partial charge in [0.05, 0.1) is 6.61 Å². The van der Waals surface area contributed by atoms with Crippen molar-refractivity contribution in [2.45, 2.75) is 6.42 Å². The molecule has 1 aromatic heterocycles. The van der Waals surface area contributed by atoms with Crippen LogP contribution in [0.15, 0.2) is 0 Å². The molecule has 0 aliphatic rings. The molecule has 0 saturated heterocycles. The zero-order valence-electron chi connectivity index (χ0n) is 6.73. The second-order valence-corrected chi connectivity index (χ2v) is 2.09. The lowest BCUT2D eigenvalue weighted by molar-refractivity contribution is 0.149. The van der Waals surface area contributed by atoms with Gasteiger partial charge in [-0.1, -0.05) is 5.10 Å². The Bertz CT molecular complexity index is 249. The van der Waals surface area contributed by atoms with Gasteiger partial charge in [-0.2, -0.15) is 0 Å². The number of aliphatic hydroxyl groups excluding tert-OH is 1. The molecule has 0 spiro atoms. The Morgan fingerprint density at radius 1 is 1.69 bits per heavy atom. The van der Waals surface area contributed by atoms with E-state index >= 15 is 0 Å². The topological polar surface area (TPSA) is 113 Å². The van der Waals surface area contributed by atoms with Crippen LogP contribution < -0.4 is 5.32 Å². The summed E-state index contributed by atoms with van der Waals surface area (Å²) >= 11 is 0. The number of nitrogens with one attached hydrogen (secondary N) is 2. The Kier molecular flexibility index (Phi) is 3.64. The number of tetrazole rings is 1. The minimum absolute atomic E-state index is 0.0167. The summed E-state index contributed by atoms with van der Waals surface area (Å²) in [4.78, 5) is 10.9. The van der Waals surface area contributed by atoms with Crippen molar-refractivity contribution in [3.05, 3.63) is 0 Å². The number of aliphatic hydroxyl groups is 1. The summed E-state index contributed by atoms with van der Waals surface area (Å²) in [6, 6.07) is 0. The van der Waals surface area contributed by atoms with Gasteiger partial charge in [-0.3, -0.25) is 5.32 Å². The third kappa shape index (κ3) is 3.47. The molecular weight excluding hydrogens is 178 g/mol. The first-order chi connectivity index (χ1) is 6.33. The van der Waals surface area contributed by atoms with Crippen LogP contribution in [0.25, 0.3) is 0 Å². The molecule has 0 unspecified atom stereocenters. The smallest absolute Gasteiger partial charge is 0.414 e. The van der Waals surface area contributed by atoms with Crippen LogP contribution in [-0.2, 0) is 4.74 Å². The molecule has 0 aliphatic carbocycles. The fraction of sp³-hybridized carbons (Fsp3) is 0.600. The van der Waals surface area contributed by atoms with Crippen molar-refractivity contribution >= 4 is 12.0 Å². The van der Waals surface area contributed by atoms with E-state index in [-0.39, 0.29) is 19.2 Å². The summed E-state index contributed by atoms with van der Waals surface area (Å²) in [6.07, 6.45) is -0.255. The van der Waals surface area contributed by atoms with Crippen LogP contribution in [0, 0.1) is 0 Å². The number of nitrogens with zero attached hydrogens (tertiary/aromatic N) is 3. The van der Waals surface area contributed by atoms with Crippen LogP contribution in [0.2, 0.25) is 0 Å². The van der Waals surface area contributed by atoms with Crippen LogP contribution in [0.5, 0.6) is 0 Å². The summed E-state index contributed by atoms with van der Waals surface area (Å²) in [7, 11) is 0. The maximum Gasteiger partial charge on any atom is 0.414 e. The van der Waals surface area contributed by atoms with Gasteiger partial charge in [-0.25, -0.2) is 9.89 Å². The number of hydrogen-bond donors (Lipinski definition) is 3. The lowest BCUT2D eigenvalue weighted by Crippen LogP contribution is -2.15. The highest BCUT2D eigenvalue weighted by atomic mass is 16.5. The Hall–Kier alpha value is -1.70. The second kappa shape index (κ2) is 5.04. The molecule has 0 aliphatic heterocycles. The van der Waals surface area contributed by atoms with E-state index in [4.69, 9.17) is 5.11 Å². The van der Waals surface area contributed by atoms with Crippen molar-refractivity contribution in [2.24, 2.45) is 0 Å². The van der Waals surface area contributed by atoms with Gasteiger partial charge in [0, 0.05) is 13.0 Å². The number of aromatic amines is 1. The molecule has 72 valence electrons. The fourth-order valence-electron chi connectivity index (χ4n) is 0.574. The molecule has 1 heterocycles. The summed E-state index contributed by atoms with van der Waals surface area (Å²) in [6.45, 7) is 0.140. The van der Waals surface area contributed by atoms with E-state index in [9.17, 15) is 4.79 Å². The van der Waals surface area contributed by atoms with Crippen LogP contribution in [0.4, 0.5) is 10.7 Å². The Labute approximate surface area is 73.3 Å². The van der Waals surface area contributed by atoms with Gasteiger partial charge in [0.15, 0.2) is 0 Å². The minimum atomic E-state index is -0.660. The predicted octanol–water partition coefficient (Wildman–Crippen LogP) is -0.869. The zero-order valence-corrected chi connectivity index (χ0v) is 6.73. The zero-order chi connectivity index (χ0) is 9.52. The number of hydrogen-bond acceptors (Lipinski definition) is 6. The number of ether oxygens (including phenoxy) is 1. The number of rotatable bonds is 4. The van der Waals surface area contributed by atoms with Crippen LogP contribution in [0.3, 0.4) is 0 Å². The second-order valence-electron chi connectivity index (χ2n) is 2.09. The third-order valence-electron chi connectivity index (χ3n) is 1.10. The largest absolute Gasteiger partial charge is 0.449 e. The maximum absolute atomic E-state index is 10.9. The summed E-state index contributed by atoms with van der Waals surface area (Å²) in [5.74, 6) is 0.119. The third-order valence-corrected chi connectivity index (χ3v) is 1.10. The number of carbonyl (C=O) groups excluding carboxylic acids is 1. The number of carbonyl (C=O) groups is 1. The molecule has 3 N–H and O–H groups in total. The first-order valence-corrected chi connectivity index (χ1v) is 3.61. The molecule has 0 saturated carbocycles. The van der Waals surface area contributed by atoms with Gasteiger partial charge >= 0.3 is 6.09 Å². The molecule has 0 fully saturated rings. The van der Waals surface area contributed by atoms with Crippen molar-refractivity contribution in [1.29, 1.82) is 0 Å². The highest BCUT2D eigenvalue weighted by Gasteiger charge is 2.04. The van der Waals surface area contributed by atoms with E-state index in [2.05, 4.69) is 30.7 Å². The first-order valence-electron chi connectivity index (χ1n) is 3.61. The molecule has 8 nitrogen and oxygen atoms in total. The maximum atomic E-state index is 10.9. The molecule has 8 heteroatoms. The molecular formula is C5H9N5O3. The van der Waals surface area contributed by atoms with Gasteiger partial charge in [-0.15, -0.1) is 0 Å². The monoisotopic (exact) mass is 187 g/mol. The van der Waals surface area contributed by atoms with E-state index < -0.39 is 6.09 Å². The average molecular weight is 187 g/mol. The summed E-state index contributed by atoms with van der Waals surface area (Å²) < 4.78 is 4.63. The normalized spacial score (nSPS) is 9.62. The highest BCUT2D eigenvalue weighted by Crippen LogP contribution is 1.92. The number of amides is 1. The fourth-order valence-corrected chi connectivity index (χ4v) is 0.574. The lowest BCUT2D eigenvalue weighted by atomic mass is 10.5. The number of aromatic nitrogens is 4. The minimum Gasteiger partial charge on any atom is -0.449 e. The molecule has 0 bridgehead atoms. The van der Waals surface area contributed by atoms with Crippen molar-refractivity contribution in [1.82, 2.24) is 20.6 Å². The quantitative estimate of drug-likeness (QED) is 0.528. The van der Waals surface area contributed by atoms with E-state index in [1.54, 1.807) is 0 Å². The van der Waals surface area contributed by atoms with Gasteiger partial charge in [0.2, 0.25) is 5.95 Å². The predicted molar refractivity (Wildman–Crippen MR) is 40.9 cm³/mol. The van der Waals surface area contributed by atoms with E-state index in [0.29, 0.717) is 6.42 Å². The number of H-pyrrole nitrogens is 1. The molecule has 1 aromatic rings. The molecule has 1 rings (SSSR count). The summed E-state index contributed by atoms with van der Waals surface area (Å²) in [5.41, 5.74) is 0. The Morgan fingerprint density at radius 2 is 2.54 bits per heavy atom. The molecule has 0 radical (unpaired) electrons. The molecule has 13 heavy (non-hydrogen) atoms. The molecule has 0 aromatic carbocycles. The summed E-state index contributed by atoms with van der Waals surface area (Å²) in [5, 5.41) is 22.8. The standard InChI is InChI=1S/C5H9N5O3/c11-2-1-3-13-5(12)6-4-7-9-10-8-4/h11H,1-3H2,(H2,6,7,8,9,10,12). The van der Waals surface area contributed by atoms with E-state index in [1.807, 2.05) is 0 Å². The SMILES string of the molecule is O=C(Nc1nnn[nH]1)OCCCO. The van der Waals surface area contributed by atoms with Crippen molar-refractivity contribution in [2.75, 3.05) is 18.5 Å². The van der Waals surface area contributed by atoms with Crippen LogP contribution >= 0.6 is 0 Å². The number of anilines is 1. The van der Waals surface area contributed by atoms with Crippen LogP contribution in [0.1, 0.15) is 6.42 Å². The van der Waals surface area contributed by atoms with Gasteiger partial charge in [0.1, 0.15) is 0 Å². The van der Waals surface area contributed by atoms with E-state index in [1.165, 1.54) is 0 Å². The average Bonchev–Trinajstić information content (AvgIpc) is 2.57. The van der Waals surface area contributed by atoms with Gasteiger partial charge in [-0.05, 0) is 10.4 Å². The van der Waals surface area contributed by atoms with Gasteiger partial charge < -0.3 is 9.84 Å². The van der Waals surface area contributed by atoms with Crippen molar-refractivity contribution in [3.8, 4) is 0 Å². The molecule has 1 amide bonds. The lowest BCUT2D eigenvalue weighted by Gasteiger charge is -2.01. The highest BCUT2D eigenvalue weighted by molar-refractivity contribution is 5.81. The van der Waals surface area contributed by atoms with Crippen LogP contribution in [-0.4, -0.2) is 45.0 Å². The van der Waals surface area contributed by atoms with E-state index in [0.717, 1.165) is 0 Å². The first kappa shape index (κ1) is 9.39. The van der Waals surface area contributed by atoms with Crippen molar-refractivity contribution < 1.29 is 14.6 Å². The Balaban J connectivity index is 2.18. The Morgan fingerprint density at radius 3 is 3.15 bits per heavy atom. The van der Waals surface area contributed by atoms with Crippen molar-refractivity contribution in [3.63, 3.8) is 0 Å². The van der Waals surface area contributed by atoms with Gasteiger partial charge in [0.25, 0.3) is 0 Å².